The van der Waals surface area contributed by atoms with Gasteiger partial charge in [-0.05, 0) is 125 Å². The summed E-state index contributed by atoms with van der Waals surface area (Å²) < 4.78 is 26.2. The summed E-state index contributed by atoms with van der Waals surface area (Å²) in [5.41, 5.74) is 38.4. The fourth-order valence-electron chi connectivity index (χ4n) is 7.99. The number of carbonyl (C=O) groups is 4. The molecule has 3 aromatic rings. The van der Waals surface area contributed by atoms with Crippen LogP contribution in [-0.4, -0.2) is 114 Å². The van der Waals surface area contributed by atoms with Crippen molar-refractivity contribution in [2.24, 2.45) is 34.4 Å². The highest BCUT2D eigenvalue weighted by Crippen LogP contribution is 2.40. The summed E-state index contributed by atoms with van der Waals surface area (Å²) in [7, 11) is 3.23. The molecule has 1 aromatic heterocycles. The van der Waals surface area contributed by atoms with E-state index in [9.17, 15) is 19.2 Å². The van der Waals surface area contributed by atoms with Crippen molar-refractivity contribution in [2.45, 2.75) is 127 Å². The number of amides is 4. The van der Waals surface area contributed by atoms with E-state index in [-0.39, 0.29) is 36.0 Å². The highest BCUT2D eigenvalue weighted by molar-refractivity contribution is 5.92. The van der Waals surface area contributed by atoms with Crippen molar-refractivity contribution in [3.8, 4) is 34.3 Å². The molecule has 4 rings (SSSR count). The Labute approximate surface area is 413 Å². The summed E-state index contributed by atoms with van der Waals surface area (Å²) in [6.45, 7) is 4.41. The Bertz CT molecular complexity index is 2060. The van der Waals surface area contributed by atoms with Crippen LogP contribution in [0, 0.1) is 0 Å². The van der Waals surface area contributed by atoms with Gasteiger partial charge in [0.25, 0.3) is 0 Å². The molecule has 0 saturated heterocycles. The number of hydrogen-bond donors (Lipinski definition) is 10. The van der Waals surface area contributed by atoms with Gasteiger partial charge < -0.3 is 87.0 Å². The topological polar surface area (TPSA) is 313 Å². The number of nitrogens with one attached hydrogen (secondary N) is 4. The Kier molecular flexibility index (Phi) is 27.0. The summed E-state index contributed by atoms with van der Waals surface area (Å²) >= 11 is 0. The van der Waals surface area contributed by atoms with Gasteiger partial charge in [0.1, 0.15) is 0 Å². The van der Waals surface area contributed by atoms with Crippen LogP contribution in [0.15, 0.2) is 36.5 Å². The van der Waals surface area contributed by atoms with E-state index in [1.54, 1.807) is 14.2 Å². The minimum absolute atomic E-state index is 0. The number of ether oxygens (including phenoxy) is 4. The van der Waals surface area contributed by atoms with E-state index in [1.165, 1.54) is 0 Å². The van der Waals surface area contributed by atoms with E-state index in [0.717, 1.165) is 66.2 Å². The van der Waals surface area contributed by atoms with Crippen LogP contribution in [0.1, 0.15) is 95.5 Å². The van der Waals surface area contributed by atoms with Crippen LogP contribution in [0.2, 0.25) is 0 Å². The smallest absolute Gasteiger partial charge is 0.236 e. The summed E-state index contributed by atoms with van der Waals surface area (Å²) in [5, 5.41) is 13.4. The summed E-state index contributed by atoms with van der Waals surface area (Å²) in [6, 6.07) is 7.74. The lowest BCUT2D eigenvalue weighted by molar-refractivity contribution is -0.686. The normalized spacial score (nSPS) is 13.4. The predicted molar refractivity (Wildman–Crippen MR) is 264 cm³/mol. The van der Waals surface area contributed by atoms with E-state index in [1.807, 2.05) is 24.3 Å². The lowest BCUT2D eigenvalue weighted by atomic mass is 9.95. The first-order valence-corrected chi connectivity index (χ1v) is 24.5. The number of carbonyl (C=O) groups excluding carboxylic acids is 4. The van der Waals surface area contributed by atoms with Gasteiger partial charge in [-0.2, -0.15) is 4.57 Å². The molecule has 16 N–H and O–H groups in total. The second-order valence-corrected chi connectivity index (χ2v) is 17.4. The fraction of sp³-hybridized carbons (Fsp3) is 0.612. The molecule has 20 heteroatoms. The van der Waals surface area contributed by atoms with Crippen LogP contribution < -0.4 is 91.6 Å². The lowest BCUT2D eigenvalue weighted by Gasteiger charge is -2.20. The molecule has 69 heavy (non-hydrogen) atoms. The van der Waals surface area contributed by atoms with Gasteiger partial charge in [0.15, 0.2) is 35.7 Å². The molecule has 0 fully saturated rings. The van der Waals surface area contributed by atoms with E-state index in [2.05, 4.69) is 38.1 Å². The number of nitrogens with zero attached hydrogens (tertiary/aromatic N) is 1. The molecule has 0 bridgehead atoms. The average molecular weight is 987 g/mol. The molecule has 0 radical (unpaired) electrons. The van der Waals surface area contributed by atoms with Crippen molar-refractivity contribution in [3.63, 3.8) is 0 Å². The number of aromatic nitrogens is 1. The van der Waals surface area contributed by atoms with Gasteiger partial charge in [0, 0.05) is 38.7 Å². The zero-order valence-corrected chi connectivity index (χ0v) is 41.6. The van der Waals surface area contributed by atoms with E-state index in [0.29, 0.717) is 140 Å². The molecule has 1 aliphatic rings. The Morgan fingerprint density at radius 1 is 0.580 bits per heavy atom. The molecule has 19 nitrogen and oxygen atoms in total. The quantitative estimate of drug-likeness (QED) is 0.0235. The number of fused-ring (bicyclic) bond motifs is 4. The van der Waals surface area contributed by atoms with Gasteiger partial charge >= 0.3 is 0 Å². The lowest BCUT2D eigenvalue weighted by Crippen LogP contribution is -3.00. The highest BCUT2D eigenvalue weighted by atomic mass is 35.5. The fourth-order valence-corrected chi connectivity index (χ4v) is 7.99. The molecule has 0 aliphatic carbocycles. The van der Waals surface area contributed by atoms with Gasteiger partial charge in [-0.25, -0.2) is 0 Å². The van der Waals surface area contributed by atoms with Gasteiger partial charge in [-0.1, -0.05) is 12.8 Å². The van der Waals surface area contributed by atoms with Crippen LogP contribution in [0.3, 0.4) is 0 Å². The number of nitrogens with two attached hydrogens (primary N) is 6. The number of hydrogen-bond acceptors (Lipinski definition) is 14. The number of rotatable bonds is 34. The first-order chi connectivity index (χ1) is 32.9. The molecule has 1 aliphatic heterocycles. The monoisotopic (exact) mass is 986 g/mol. The van der Waals surface area contributed by atoms with Crippen molar-refractivity contribution in [2.75, 3.05) is 66.7 Å². The van der Waals surface area contributed by atoms with Crippen molar-refractivity contribution in [3.05, 3.63) is 42.1 Å². The number of methoxy groups -OCH3 is 2. The Balaban J connectivity index is 0.0000126. The SMILES string of the molecule is COc1cc2c(cc1OCCCNC(=O)C(N)CCCCNC(=O)C(N)CCCCN)CC[n+]1cc3c(OCCCNC(=O)C(N)CCCCNC(=O)C(N)CCCCN)c(OC)ccc3cc1-2.[Cl-]. The highest BCUT2D eigenvalue weighted by Gasteiger charge is 2.28. The van der Waals surface area contributed by atoms with Crippen molar-refractivity contribution in [1.29, 1.82) is 0 Å². The molecule has 4 amide bonds. The molecular formula is C49H80ClN11O8. The first-order valence-electron chi connectivity index (χ1n) is 24.5. The number of aryl methyl sites for hydroxylation is 2. The maximum absolute atomic E-state index is 12.7. The molecule has 4 unspecified atom stereocenters. The third kappa shape index (κ3) is 19.0. The molecule has 4 atom stereocenters. The molecule has 2 aromatic carbocycles. The van der Waals surface area contributed by atoms with Crippen LogP contribution in [-0.2, 0) is 32.1 Å². The number of benzene rings is 2. The maximum atomic E-state index is 12.7. The molecular weight excluding hydrogens is 906 g/mol. The minimum atomic E-state index is -0.646. The Morgan fingerprint density at radius 2 is 1.04 bits per heavy atom. The first kappa shape index (κ1) is 58.3. The third-order valence-electron chi connectivity index (χ3n) is 12.1. The van der Waals surface area contributed by atoms with Crippen LogP contribution >= 0.6 is 0 Å². The van der Waals surface area contributed by atoms with E-state index < -0.39 is 24.2 Å². The van der Waals surface area contributed by atoms with Gasteiger partial charge in [0.05, 0.1) is 62.6 Å². The van der Waals surface area contributed by atoms with Crippen LogP contribution in [0.25, 0.3) is 22.0 Å². The largest absolute Gasteiger partial charge is 1.00 e. The van der Waals surface area contributed by atoms with E-state index in [4.69, 9.17) is 53.3 Å². The van der Waals surface area contributed by atoms with Crippen molar-refractivity contribution >= 4 is 34.4 Å². The predicted octanol–water partition coefficient (Wildman–Crippen LogP) is -1.72. The third-order valence-corrected chi connectivity index (χ3v) is 12.1. The van der Waals surface area contributed by atoms with Crippen LogP contribution in [0.4, 0.5) is 0 Å². The molecule has 386 valence electrons. The van der Waals surface area contributed by atoms with Gasteiger partial charge in [0.2, 0.25) is 29.3 Å². The standard InChI is InChI=1S/C49H79N11O8.ClH/c1-65-42-18-17-33-29-41-35-31-43(66-2)44(67-27-11-24-58-48(63)39(54)15-5-9-22-56-46(61)37(52)13-3-7-20-50)30-34(35)19-26-60(41)32-36(33)45(42)68-28-12-25-59-49(64)40(55)16-6-10-23-57-47(62)38(53)14-4-8-21-51;/h17-18,29-32,37-40H,3-16,19-28,50-55H2,1-2H3,(H3-,56,57,58,59,61,62,63,64);1H. The zero-order chi connectivity index (χ0) is 49.3. The molecule has 2 heterocycles. The van der Waals surface area contributed by atoms with E-state index >= 15 is 0 Å². The number of unbranched alkanes of at least 4 members (excludes halogenated alkanes) is 4. The summed E-state index contributed by atoms with van der Waals surface area (Å²) in [4.78, 5) is 49.6. The van der Waals surface area contributed by atoms with Crippen LogP contribution in [0.5, 0.6) is 23.0 Å². The summed E-state index contributed by atoms with van der Waals surface area (Å²) in [6.07, 6.45) is 12.4. The molecule has 0 spiro atoms. The van der Waals surface area contributed by atoms with Crippen molar-refractivity contribution in [1.82, 2.24) is 21.3 Å². The van der Waals surface area contributed by atoms with Crippen molar-refractivity contribution < 1.29 is 55.1 Å². The number of pyridine rings is 1. The minimum Gasteiger partial charge on any atom is -1.00 e. The zero-order valence-electron chi connectivity index (χ0n) is 40.8. The van der Waals surface area contributed by atoms with Gasteiger partial charge in [-0.15, -0.1) is 0 Å². The Hall–Kier alpha value is -5.02. The van der Waals surface area contributed by atoms with Gasteiger partial charge in [-0.3, -0.25) is 19.2 Å². The summed E-state index contributed by atoms with van der Waals surface area (Å²) in [5.74, 6) is 1.71. The average Bonchev–Trinajstić information content (AvgIpc) is 3.34. The number of halogens is 1. The molecule has 0 saturated carbocycles. The maximum Gasteiger partial charge on any atom is 0.236 e. The Morgan fingerprint density at radius 3 is 1.52 bits per heavy atom. The second kappa shape index (κ2) is 32.0. The second-order valence-electron chi connectivity index (χ2n) is 17.4.